The van der Waals surface area contributed by atoms with Gasteiger partial charge in [0.1, 0.15) is 12.4 Å². The van der Waals surface area contributed by atoms with Gasteiger partial charge in [-0.3, -0.25) is 4.79 Å². The first-order valence-electron chi connectivity index (χ1n) is 6.64. The highest BCUT2D eigenvalue weighted by atomic mass is 16.4. The average Bonchev–Trinajstić information content (AvgIpc) is 2.68. The molecule has 4 heteroatoms. The summed E-state index contributed by atoms with van der Waals surface area (Å²) in [5, 5.41) is 8.92. The number of aryl methyl sites for hydroxylation is 3. The average molecular weight is 272 g/mol. The number of aliphatic carboxylic acids is 1. The van der Waals surface area contributed by atoms with Gasteiger partial charge < -0.3 is 9.67 Å². The molecule has 0 aliphatic rings. The molecule has 0 amide bonds. The second-order valence-corrected chi connectivity index (χ2v) is 5.33. The minimum absolute atomic E-state index is 0.0538. The van der Waals surface area contributed by atoms with E-state index in [1.807, 2.05) is 13.1 Å². The lowest BCUT2D eigenvalue weighted by atomic mass is 9.93. The quantitative estimate of drug-likeness (QED) is 0.933. The summed E-state index contributed by atoms with van der Waals surface area (Å²) in [5.41, 5.74) is 6.84. The van der Waals surface area contributed by atoms with Gasteiger partial charge >= 0.3 is 5.97 Å². The molecule has 0 fully saturated rings. The summed E-state index contributed by atoms with van der Waals surface area (Å²) in [6.45, 7) is 10.1. The van der Waals surface area contributed by atoms with E-state index in [2.05, 4.69) is 38.7 Å². The number of benzene rings is 1. The molecular weight excluding hydrogens is 252 g/mol. The largest absolute Gasteiger partial charge is 0.480 e. The third-order valence-electron chi connectivity index (χ3n) is 3.90. The van der Waals surface area contributed by atoms with E-state index in [1.54, 1.807) is 4.57 Å². The molecule has 0 radical (unpaired) electrons. The molecule has 0 aliphatic heterocycles. The fourth-order valence-electron chi connectivity index (χ4n) is 2.54. The predicted octanol–water partition coefficient (Wildman–Crippen LogP) is 3.18. The van der Waals surface area contributed by atoms with Crippen LogP contribution in [0.2, 0.25) is 0 Å². The highest BCUT2D eigenvalue weighted by Gasteiger charge is 2.15. The van der Waals surface area contributed by atoms with Gasteiger partial charge in [0.15, 0.2) is 0 Å². The molecule has 0 saturated heterocycles. The first kappa shape index (κ1) is 14.3. The lowest BCUT2D eigenvalue weighted by Crippen LogP contribution is -2.08. The van der Waals surface area contributed by atoms with Crippen molar-refractivity contribution in [3.8, 4) is 11.3 Å². The number of hydrogen-bond acceptors (Lipinski definition) is 2. The smallest absolute Gasteiger partial charge is 0.323 e. The van der Waals surface area contributed by atoms with Gasteiger partial charge in [-0.15, -0.1) is 0 Å². The monoisotopic (exact) mass is 272 g/mol. The maximum absolute atomic E-state index is 10.9. The fourth-order valence-corrected chi connectivity index (χ4v) is 2.54. The summed E-state index contributed by atoms with van der Waals surface area (Å²) in [4.78, 5) is 15.4. The topological polar surface area (TPSA) is 55.1 Å². The summed E-state index contributed by atoms with van der Waals surface area (Å²) in [6.07, 6.45) is 1.83. The van der Waals surface area contributed by atoms with E-state index in [4.69, 9.17) is 5.11 Å². The van der Waals surface area contributed by atoms with E-state index in [0.717, 1.165) is 17.1 Å². The maximum atomic E-state index is 10.9. The van der Waals surface area contributed by atoms with Crippen LogP contribution in [0.25, 0.3) is 11.3 Å². The first-order chi connectivity index (χ1) is 9.31. The zero-order valence-corrected chi connectivity index (χ0v) is 12.6. The minimum Gasteiger partial charge on any atom is -0.480 e. The second kappa shape index (κ2) is 5.12. The van der Waals surface area contributed by atoms with E-state index < -0.39 is 5.97 Å². The standard InChI is InChI=1S/C16H20N2O2/c1-9-6-10(2)12(4)16(11(9)3)14-7-18(8-15(19)20)13(5)17-14/h6-7H,8H2,1-5H3,(H,19,20). The Hall–Kier alpha value is -2.10. The van der Waals surface area contributed by atoms with Crippen LogP contribution in [0.4, 0.5) is 0 Å². The number of aromatic nitrogens is 2. The molecule has 4 nitrogen and oxygen atoms in total. The third-order valence-corrected chi connectivity index (χ3v) is 3.90. The Morgan fingerprint density at radius 2 is 1.70 bits per heavy atom. The van der Waals surface area contributed by atoms with Crippen LogP contribution in [0.3, 0.4) is 0 Å². The van der Waals surface area contributed by atoms with Crippen LogP contribution in [0.1, 0.15) is 28.1 Å². The Kier molecular flexibility index (Phi) is 3.66. The van der Waals surface area contributed by atoms with Crippen LogP contribution < -0.4 is 0 Å². The molecule has 0 bridgehead atoms. The van der Waals surface area contributed by atoms with Gasteiger partial charge in [-0.05, 0) is 56.9 Å². The molecule has 1 heterocycles. The van der Waals surface area contributed by atoms with Crippen molar-refractivity contribution >= 4 is 5.97 Å². The summed E-state index contributed by atoms with van der Waals surface area (Å²) in [6, 6.07) is 2.18. The lowest BCUT2D eigenvalue weighted by molar-refractivity contribution is -0.137. The molecule has 0 atom stereocenters. The number of hydrogen-bond donors (Lipinski definition) is 1. The highest BCUT2D eigenvalue weighted by Crippen LogP contribution is 2.30. The van der Waals surface area contributed by atoms with Crippen molar-refractivity contribution < 1.29 is 9.90 Å². The Morgan fingerprint density at radius 1 is 1.15 bits per heavy atom. The van der Waals surface area contributed by atoms with Crippen LogP contribution in [0, 0.1) is 34.6 Å². The molecule has 1 aromatic carbocycles. The zero-order chi connectivity index (χ0) is 15.0. The Balaban J connectivity index is 2.60. The van der Waals surface area contributed by atoms with Crippen LogP contribution >= 0.6 is 0 Å². The van der Waals surface area contributed by atoms with Gasteiger partial charge in [-0.1, -0.05) is 6.07 Å². The summed E-state index contributed by atoms with van der Waals surface area (Å²) < 4.78 is 1.67. The number of imidazole rings is 1. The Bertz CT molecular complexity index is 658. The van der Waals surface area contributed by atoms with E-state index in [9.17, 15) is 4.79 Å². The van der Waals surface area contributed by atoms with E-state index in [0.29, 0.717) is 0 Å². The number of nitrogens with zero attached hydrogens (tertiary/aromatic N) is 2. The van der Waals surface area contributed by atoms with Gasteiger partial charge in [0.2, 0.25) is 0 Å². The van der Waals surface area contributed by atoms with Crippen LogP contribution in [0.5, 0.6) is 0 Å². The van der Waals surface area contributed by atoms with Crippen molar-refractivity contribution in [1.82, 2.24) is 9.55 Å². The number of carboxylic acid groups (broad SMARTS) is 1. The molecule has 1 aromatic heterocycles. The number of rotatable bonds is 3. The molecule has 1 N–H and O–H groups in total. The lowest BCUT2D eigenvalue weighted by Gasteiger charge is -2.13. The molecule has 0 aliphatic carbocycles. The minimum atomic E-state index is -0.856. The zero-order valence-electron chi connectivity index (χ0n) is 12.6. The Labute approximate surface area is 119 Å². The van der Waals surface area contributed by atoms with Gasteiger partial charge in [-0.2, -0.15) is 0 Å². The van der Waals surface area contributed by atoms with E-state index >= 15 is 0 Å². The van der Waals surface area contributed by atoms with Gasteiger partial charge in [0, 0.05) is 11.8 Å². The van der Waals surface area contributed by atoms with Crippen LogP contribution in [-0.2, 0) is 11.3 Å². The number of carboxylic acids is 1. The molecule has 20 heavy (non-hydrogen) atoms. The van der Waals surface area contributed by atoms with Crippen molar-refractivity contribution in [2.24, 2.45) is 0 Å². The molecule has 2 rings (SSSR count). The molecule has 2 aromatic rings. The van der Waals surface area contributed by atoms with Gasteiger partial charge in [0.05, 0.1) is 5.69 Å². The SMILES string of the molecule is Cc1cc(C)c(C)c(-c2cn(CC(=O)O)c(C)n2)c1C. The van der Waals surface area contributed by atoms with Crippen molar-refractivity contribution in [3.63, 3.8) is 0 Å². The molecule has 0 spiro atoms. The normalized spacial score (nSPS) is 10.8. The second-order valence-electron chi connectivity index (χ2n) is 5.33. The van der Waals surface area contributed by atoms with Gasteiger partial charge in [0.25, 0.3) is 0 Å². The predicted molar refractivity (Wildman–Crippen MR) is 79.0 cm³/mol. The fraction of sp³-hybridized carbons (Fsp3) is 0.375. The van der Waals surface area contributed by atoms with Crippen LogP contribution in [0.15, 0.2) is 12.3 Å². The van der Waals surface area contributed by atoms with Crippen molar-refractivity contribution in [1.29, 1.82) is 0 Å². The van der Waals surface area contributed by atoms with Crippen molar-refractivity contribution in [2.45, 2.75) is 41.2 Å². The maximum Gasteiger partial charge on any atom is 0.323 e. The molecular formula is C16H20N2O2. The Morgan fingerprint density at radius 3 is 2.20 bits per heavy atom. The first-order valence-corrected chi connectivity index (χ1v) is 6.64. The third kappa shape index (κ3) is 2.46. The van der Waals surface area contributed by atoms with Crippen molar-refractivity contribution in [2.75, 3.05) is 0 Å². The van der Waals surface area contributed by atoms with E-state index in [-0.39, 0.29) is 6.54 Å². The van der Waals surface area contributed by atoms with Crippen molar-refractivity contribution in [3.05, 3.63) is 40.3 Å². The molecule has 0 unspecified atom stereocenters. The summed E-state index contributed by atoms with van der Waals surface area (Å²) >= 11 is 0. The number of carbonyl (C=O) groups is 1. The van der Waals surface area contributed by atoms with Crippen LogP contribution in [-0.4, -0.2) is 20.6 Å². The molecule has 106 valence electrons. The summed E-state index contributed by atoms with van der Waals surface area (Å²) in [5.74, 6) is -0.133. The van der Waals surface area contributed by atoms with E-state index in [1.165, 1.54) is 22.3 Å². The summed E-state index contributed by atoms with van der Waals surface area (Å²) in [7, 11) is 0. The molecule has 0 saturated carbocycles. The van der Waals surface area contributed by atoms with Gasteiger partial charge in [-0.25, -0.2) is 4.98 Å². The highest BCUT2D eigenvalue weighted by molar-refractivity contribution is 5.71.